The summed E-state index contributed by atoms with van der Waals surface area (Å²) in [6.45, 7) is 2.19. The molecule has 0 fully saturated rings. The van der Waals surface area contributed by atoms with Crippen LogP contribution in [0.2, 0.25) is 0 Å². The highest BCUT2D eigenvalue weighted by Gasteiger charge is 2.13. The van der Waals surface area contributed by atoms with Crippen molar-refractivity contribution >= 4 is 17.6 Å². The highest BCUT2D eigenvalue weighted by Crippen LogP contribution is 2.11. The minimum absolute atomic E-state index is 0.168. The molecule has 0 radical (unpaired) electrons. The molecule has 18 heavy (non-hydrogen) atoms. The van der Waals surface area contributed by atoms with E-state index < -0.39 is 5.91 Å². The Kier molecular flexibility index (Phi) is 5.22. The zero-order chi connectivity index (χ0) is 13.5. The molecule has 0 spiro atoms. The predicted octanol–water partition coefficient (Wildman–Crippen LogP) is 0.200. The number of carbonyl (C=O) groups is 2. The Hall–Kier alpha value is -1.99. The van der Waals surface area contributed by atoms with E-state index in [-0.39, 0.29) is 11.5 Å². The molecule has 1 aromatic heterocycles. The van der Waals surface area contributed by atoms with Crippen LogP contribution in [0.15, 0.2) is 18.3 Å². The van der Waals surface area contributed by atoms with Crippen molar-refractivity contribution in [1.82, 2.24) is 10.5 Å². The molecule has 2 N–H and O–H groups in total. The number of nitrogens with zero attached hydrogens (tertiary/aromatic N) is 2. The Morgan fingerprint density at radius 1 is 1.50 bits per heavy atom. The molecular formula is C11H15N3O4. The highest BCUT2D eigenvalue weighted by atomic mass is 16.5. The van der Waals surface area contributed by atoms with E-state index in [9.17, 15) is 9.59 Å². The molecule has 1 rings (SSSR count). The summed E-state index contributed by atoms with van der Waals surface area (Å²) in [5, 5.41) is 8.46. The SMILES string of the molecule is COCCN(C(C)=O)c1ccc(C(=O)NO)cn1. The molecule has 1 aromatic rings. The smallest absolute Gasteiger partial charge is 0.276 e. The molecule has 0 aliphatic carbocycles. The number of rotatable bonds is 5. The predicted molar refractivity (Wildman–Crippen MR) is 63.4 cm³/mol. The fourth-order valence-electron chi connectivity index (χ4n) is 1.36. The lowest BCUT2D eigenvalue weighted by molar-refractivity contribution is -0.116. The lowest BCUT2D eigenvalue weighted by Gasteiger charge is -2.19. The van der Waals surface area contributed by atoms with Gasteiger partial charge >= 0.3 is 0 Å². The average Bonchev–Trinajstić information content (AvgIpc) is 2.38. The van der Waals surface area contributed by atoms with E-state index in [4.69, 9.17) is 9.94 Å². The van der Waals surface area contributed by atoms with Crippen LogP contribution in [0.1, 0.15) is 17.3 Å². The topological polar surface area (TPSA) is 91.8 Å². The number of carbonyl (C=O) groups excluding carboxylic acids is 2. The molecule has 0 aliphatic rings. The van der Waals surface area contributed by atoms with Crippen LogP contribution in [-0.2, 0) is 9.53 Å². The van der Waals surface area contributed by atoms with Crippen LogP contribution in [0.4, 0.5) is 5.82 Å². The molecule has 98 valence electrons. The van der Waals surface area contributed by atoms with Gasteiger partial charge in [-0.25, -0.2) is 10.5 Å². The maximum atomic E-state index is 11.4. The molecule has 0 saturated heterocycles. The van der Waals surface area contributed by atoms with Gasteiger partial charge in [0.05, 0.1) is 18.7 Å². The number of ether oxygens (including phenoxy) is 1. The van der Waals surface area contributed by atoms with Gasteiger partial charge in [-0.15, -0.1) is 0 Å². The van der Waals surface area contributed by atoms with E-state index in [1.54, 1.807) is 7.11 Å². The van der Waals surface area contributed by atoms with Crippen molar-refractivity contribution in [2.24, 2.45) is 0 Å². The fraction of sp³-hybridized carbons (Fsp3) is 0.364. The van der Waals surface area contributed by atoms with Gasteiger partial charge < -0.3 is 4.74 Å². The maximum absolute atomic E-state index is 11.4. The lowest BCUT2D eigenvalue weighted by Crippen LogP contribution is -2.32. The molecule has 0 aliphatic heterocycles. The molecule has 2 amide bonds. The number of methoxy groups -OCH3 is 1. The maximum Gasteiger partial charge on any atom is 0.276 e. The van der Waals surface area contributed by atoms with Crippen LogP contribution < -0.4 is 10.4 Å². The van der Waals surface area contributed by atoms with E-state index in [0.717, 1.165) is 0 Å². The largest absolute Gasteiger partial charge is 0.383 e. The zero-order valence-corrected chi connectivity index (χ0v) is 10.2. The Labute approximate surface area is 104 Å². The minimum atomic E-state index is -0.652. The fourth-order valence-corrected chi connectivity index (χ4v) is 1.36. The van der Waals surface area contributed by atoms with Gasteiger partial charge in [0.15, 0.2) is 0 Å². The van der Waals surface area contributed by atoms with Crippen molar-refractivity contribution in [3.05, 3.63) is 23.9 Å². The number of anilines is 1. The molecule has 1 heterocycles. The number of aromatic nitrogens is 1. The number of hydrogen-bond acceptors (Lipinski definition) is 5. The van der Waals surface area contributed by atoms with Crippen LogP contribution in [0, 0.1) is 0 Å². The molecule has 0 bridgehead atoms. The summed E-state index contributed by atoms with van der Waals surface area (Å²) in [7, 11) is 1.54. The summed E-state index contributed by atoms with van der Waals surface area (Å²) in [4.78, 5) is 28.0. The lowest BCUT2D eigenvalue weighted by atomic mass is 10.2. The van der Waals surface area contributed by atoms with Crippen LogP contribution in [0.25, 0.3) is 0 Å². The Morgan fingerprint density at radius 3 is 2.67 bits per heavy atom. The van der Waals surface area contributed by atoms with Crippen LogP contribution in [0.5, 0.6) is 0 Å². The standard InChI is InChI=1S/C11H15N3O4/c1-8(15)14(5-6-18-2)10-4-3-9(7-12-10)11(16)13-17/h3-4,7,17H,5-6H2,1-2H3,(H,13,16). The summed E-state index contributed by atoms with van der Waals surface area (Å²) >= 11 is 0. The molecule has 0 saturated carbocycles. The van der Waals surface area contributed by atoms with E-state index in [1.165, 1.54) is 35.6 Å². The molecule has 7 nitrogen and oxygen atoms in total. The Bertz CT molecular complexity index is 419. The van der Waals surface area contributed by atoms with Crippen molar-refractivity contribution in [3.63, 3.8) is 0 Å². The van der Waals surface area contributed by atoms with Gasteiger partial charge in [0, 0.05) is 20.2 Å². The van der Waals surface area contributed by atoms with Crippen LogP contribution in [0.3, 0.4) is 0 Å². The first-order chi connectivity index (χ1) is 8.60. The molecule has 0 atom stereocenters. The number of hydrogen-bond donors (Lipinski definition) is 2. The van der Waals surface area contributed by atoms with E-state index >= 15 is 0 Å². The first-order valence-electron chi connectivity index (χ1n) is 5.27. The normalized spacial score (nSPS) is 9.94. The van der Waals surface area contributed by atoms with E-state index in [1.807, 2.05) is 0 Å². The van der Waals surface area contributed by atoms with Gasteiger partial charge in [-0.1, -0.05) is 0 Å². The number of nitrogens with one attached hydrogen (secondary N) is 1. The number of pyridine rings is 1. The molecule has 7 heteroatoms. The Balaban J connectivity index is 2.86. The van der Waals surface area contributed by atoms with Gasteiger partial charge in [0.1, 0.15) is 5.82 Å². The van der Waals surface area contributed by atoms with Gasteiger partial charge in [-0.3, -0.25) is 19.7 Å². The van der Waals surface area contributed by atoms with E-state index in [2.05, 4.69) is 4.98 Å². The van der Waals surface area contributed by atoms with E-state index in [0.29, 0.717) is 19.0 Å². The van der Waals surface area contributed by atoms with Crippen LogP contribution >= 0.6 is 0 Å². The van der Waals surface area contributed by atoms with Crippen molar-refractivity contribution in [1.29, 1.82) is 0 Å². The summed E-state index contributed by atoms with van der Waals surface area (Å²) in [5.41, 5.74) is 1.71. The molecule has 0 aromatic carbocycles. The third-order valence-electron chi connectivity index (χ3n) is 2.29. The summed E-state index contributed by atoms with van der Waals surface area (Å²) in [5.74, 6) is -0.395. The van der Waals surface area contributed by atoms with Gasteiger partial charge in [0.25, 0.3) is 5.91 Å². The third kappa shape index (κ3) is 3.51. The first kappa shape index (κ1) is 14.1. The summed E-state index contributed by atoms with van der Waals surface area (Å²) < 4.78 is 4.90. The van der Waals surface area contributed by atoms with Crippen molar-refractivity contribution in [2.45, 2.75) is 6.92 Å². The second kappa shape index (κ2) is 6.67. The molecular weight excluding hydrogens is 238 g/mol. The molecule has 0 unspecified atom stereocenters. The minimum Gasteiger partial charge on any atom is -0.383 e. The van der Waals surface area contributed by atoms with Gasteiger partial charge in [0.2, 0.25) is 5.91 Å². The Morgan fingerprint density at radius 2 is 2.22 bits per heavy atom. The van der Waals surface area contributed by atoms with Gasteiger partial charge in [-0.05, 0) is 12.1 Å². The van der Waals surface area contributed by atoms with Crippen molar-refractivity contribution in [3.8, 4) is 0 Å². The number of amides is 2. The highest BCUT2D eigenvalue weighted by molar-refractivity contribution is 5.94. The van der Waals surface area contributed by atoms with Crippen LogP contribution in [-0.4, -0.2) is 42.3 Å². The third-order valence-corrected chi connectivity index (χ3v) is 2.29. The van der Waals surface area contributed by atoms with Gasteiger partial charge in [-0.2, -0.15) is 0 Å². The zero-order valence-electron chi connectivity index (χ0n) is 10.2. The number of hydroxylamine groups is 1. The quantitative estimate of drug-likeness (QED) is 0.577. The second-order valence-corrected chi connectivity index (χ2v) is 3.51. The monoisotopic (exact) mass is 253 g/mol. The van der Waals surface area contributed by atoms with Crippen molar-refractivity contribution < 1.29 is 19.5 Å². The van der Waals surface area contributed by atoms with Crippen molar-refractivity contribution in [2.75, 3.05) is 25.2 Å². The summed E-state index contributed by atoms with van der Waals surface area (Å²) in [6.07, 6.45) is 1.28. The summed E-state index contributed by atoms with van der Waals surface area (Å²) in [6, 6.07) is 3.00. The first-order valence-corrected chi connectivity index (χ1v) is 5.27. The average molecular weight is 253 g/mol. The second-order valence-electron chi connectivity index (χ2n) is 3.51.